The summed E-state index contributed by atoms with van der Waals surface area (Å²) in [6.45, 7) is 0. The van der Waals surface area contributed by atoms with Crippen molar-refractivity contribution in [1.82, 2.24) is 0 Å². The van der Waals surface area contributed by atoms with Crippen LogP contribution in [0.3, 0.4) is 0 Å². The number of carbonyl (C=O) groups excluding carboxylic acids is 1. The highest BCUT2D eigenvalue weighted by atomic mass is 79.9. The van der Waals surface area contributed by atoms with Gasteiger partial charge >= 0.3 is 0 Å². The second-order valence-corrected chi connectivity index (χ2v) is 4.91. The zero-order valence-electron chi connectivity index (χ0n) is 10.2. The Morgan fingerprint density at radius 3 is 2.75 bits per heavy atom. The molecule has 0 heterocycles. The van der Waals surface area contributed by atoms with E-state index in [1.54, 1.807) is 18.2 Å². The molecule has 4 nitrogen and oxygen atoms in total. The average Bonchev–Trinajstić information content (AvgIpc) is 2.43. The summed E-state index contributed by atoms with van der Waals surface area (Å²) >= 11 is 3.23. The fourth-order valence-corrected chi connectivity index (χ4v) is 1.99. The summed E-state index contributed by atoms with van der Waals surface area (Å²) in [5.74, 6) is -1.33. The Balaban J connectivity index is 2.33. The van der Waals surface area contributed by atoms with E-state index in [1.165, 1.54) is 12.1 Å². The molecule has 0 fully saturated rings. The third-order valence-corrected chi connectivity index (χ3v) is 3.08. The topological polar surface area (TPSA) is 78.9 Å². The highest BCUT2D eigenvalue weighted by Crippen LogP contribution is 2.21. The van der Waals surface area contributed by atoms with Gasteiger partial charge in [-0.3, -0.25) is 4.79 Å². The molecular weight excluding hydrogens is 325 g/mol. The number of nitrogens with two attached hydrogens (primary N) is 1. The van der Waals surface area contributed by atoms with Gasteiger partial charge in [-0.1, -0.05) is 15.9 Å². The molecule has 0 saturated carbocycles. The number of nitrogens with one attached hydrogen (secondary N) is 1. The molecule has 0 radical (unpaired) electrons. The molecule has 0 aliphatic carbocycles. The Hall–Kier alpha value is -2.39. The molecule has 2 rings (SSSR count). The predicted octanol–water partition coefficient (Wildman–Crippen LogP) is 3.29. The van der Waals surface area contributed by atoms with Crippen LogP contribution >= 0.6 is 15.9 Å². The molecule has 0 unspecified atom stereocenters. The first-order valence-corrected chi connectivity index (χ1v) is 6.36. The number of amides is 1. The van der Waals surface area contributed by atoms with E-state index in [4.69, 9.17) is 11.0 Å². The van der Waals surface area contributed by atoms with Gasteiger partial charge in [-0.05, 0) is 36.4 Å². The third-order valence-electron chi connectivity index (χ3n) is 2.59. The predicted molar refractivity (Wildman–Crippen MR) is 77.6 cm³/mol. The molecule has 2 aromatic rings. The Kier molecular flexibility index (Phi) is 4.01. The summed E-state index contributed by atoms with van der Waals surface area (Å²) in [5.41, 5.74) is 6.23. The van der Waals surface area contributed by atoms with Crippen LogP contribution in [0.25, 0.3) is 0 Å². The van der Waals surface area contributed by atoms with Crippen LogP contribution in [0.1, 0.15) is 15.9 Å². The van der Waals surface area contributed by atoms with Crippen LogP contribution in [0.2, 0.25) is 0 Å². The number of nitrogen functional groups attached to an aromatic ring is 1. The second-order valence-electron chi connectivity index (χ2n) is 4.00. The molecule has 0 aliphatic heterocycles. The molecular formula is C14H9BrFN3O. The Morgan fingerprint density at radius 1 is 1.30 bits per heavy atom. The fraction of sp³-hybridized carbons (Fsp3) is 0. The van der Waals surface area contributed by atoms with Crippen molar-refractivity contribution >= 4 is 33.2 Å². The number of rotatable bonds is 2. The van der Waals surface area contributed by atoms with E-state index in [0.29, 0.717) is 10.2 Å². The third kappa shape index (κ3) is 2.95. The van der Waals surface area contributed by atoms with Crippen molar-refractivity contribution in [3.05, 3.63) is 57.8 Å². The van der Waals surface area contributed by atoms with Gasteiger partial charge < -0.3 is 11.1 Å². The maximum atomic E-state index is 13.6. The van der Waals surface area contributed by atoms with Crippen LogP contribution in [0, 0.1) is 17.1 Å². The van der Waals surface area contributed by atoms with Crippen molar-refractivity contribution in [2.75, 3.05) is 11.1 Å². The van der Waals surface area contributed by atoms with Gasteiger partial charge in [-0.15, -0.1) is 0 Å². The van der Waals surface area contributed by atoms with E-state index < -0.39 is 11.7 Å². The molecule has 2 aromatic carbocycles. The van der Waals surface area contributed by atoms with Gasteiger partial charge in [0.25, 0.3) is 5.91 Å². The second kappa shape index (κ2) is 5.72. The summed E-state index contributed by atoms with van der Waals surface area (Å²) in [6, 6.07) is 10.5. The molecule has 0 spiro atoms. The van der Waals surface area contributed by atoms with Crippen LogP contribution < -0.4 is 11.1 Å². The lowest BCUT2D eigenvalue weighted by Gasteiger charge is -2.08. The molecule has 20 heavy (non-hydrogen) atoms. The maximum absolute atomic E-state index is 13.6. The molecule has 0 aromatic heterocycles. The minimum atomic E-state index is -0.674. The number of hydrogen-bond donors (Lipinski definition) is 2. The van der Waals surface area contributed by atoms with E-state index in [9.17, 15) is 9.18 Å². The summed E-state index contributed by atoms with van der Waals surface area (Å²) in [5, 5.41) is 11.5. The smallest absolute Gasteiger partial charge is 0.258 e. The van der Waals surface area contributed by atoms with Crippen molar-refractivity contribution in [2.45, 2.75) is 0 Å². The molecule has 0 bridgehead atoms. The molecule has 0 atom stereocenters. The number of carbonyl (C=O) groups is 1. The first kappa shape index (κ1) is 14.0. The maximum Gasteiger partial charge on any atom is 0.258 e. The zero-order chi connectivity index (χ0) is 14.7. The van der Waals surface area contributed by atoms with Crippen LogP contribution in [-0.2, 0) is 0 Å². The monoisotopic (exact) mass is 333 g/mol. The molecule has 1 amide bonds. The standard InChI is InChI=1S/C14H9BrFN3O/c15-9-1-4-13(8(5-9)7-17)19-14(20)11-6-10(18)2-3-12(11)16/h1-6H,18H2,(H,19,20). The van der Waals surface area contributed by atoms with Gasteiger partial charge in [0, 0.05) is 10.2 Å². The number of anilines is 2. The zero-order valence-corrected chi connectivity index (χ0v) is 11.7. The van der Waals surface area contributed by atoms with Crippen LogP contribution in [0.15, 0.2) is 40.9 Å². The lowest BCUT2D eigenvalue weighted by molar-refractivity contribution is 0.102. The molecule has 0 aliphatic rings. The Labute approximate surface area is 123 Å². The lowest BCUT2D eigenvalue weighted by Crippen LogP contribution is -2.15. The van der Waals surface area contributed by atoms with Crippen LogP contribution in [0.4, 0.5) is 15.8 Å². The highest BCUT2D eigenvalue weighted by molar-refractivity contribution is 9.10. The first-order chi connectivity index (χ1) is 9.51. The van der Waals surface area contributed by atoms with Gasteiger partial charge in [0.15, 0.2) is 0 Å². The Bertz CT molecular complexity index is 725. The van der Waals surface area contributed by atoms with Crippen molar-refractivity contribution < 1.29 is 9.18 Å². The van der Waals surface area contributed by atoms with Crippen LogP contribution in [-0.4, -0.2) is 5.91 Å². The van der Waals surface area contributed by atoms with Crippen molar-refractivity contribution in [3.63, 3.8) is 0 Å². The number of nitrogens with zero attached hydrogens (tertiary/aromatic N) is 1. The Morgan fingerprint density at radius 2 is 2.05 bits per heavy atom. The quantitative estimate of drug-likeness (QED) is 0.827. The number of benzene rings is 2. The van der Waals surface area contributed by atoms with Crippen molar-refractivity contribution in [1.29, 1.82) is 5.26 Å². The van der Waals surface area contributed by atoms with Gasteiger partial charge in [-0.2, -0.15) is 5.26 Å². The van der Waals surface area contributed by atoms with Gasteiger partial charge in [0.2, 0.25) is 0 Å². The van der Waals surface area contributed by atoms with Gasteiger partial charge in [0.1, 0.15) is 11.9 Å². The molecule has 0 saturated heterocycles. The van der Waals surface area contributed by atoms with E-state index in [0.717, 1.165) is 6.07 Å². The minimum absolute atomic E-state index is 0.170. The highest BCUT2D eigenvalue weighted by Gasteiger charge is 2.14. The number of nitriles is 1. The average molecular weight is 334 g/mol. The SMILES string of the molecule is N#Cc1cc(Br)ccc1NC(=O)c1cc(N)ccc1F. The molecule has 3 N–H and O–H groups in total. The largest absolute Gasteiger partial charge is 0.399 e. The number of hydrogen-bond acceptors (Lipinski definition) is 3. The summed E-state index contributed by atoms with van der Waals surface area (Å²) < 4.78 is 14.3. The molecule has 6 heteroatoms. The van der Waals surface area contributed by atoms with Gasteiger partial charge in [0.05, 0.1) is 16.8 Å². The fourth-order valence-electron chi connectivity index (χ4n) is 1.62. The van der Waals surface area contributed by atoms with Crippen LogP contribution in [0.5, 0.6) is 0 Å². The van der Waals surface area contributed by atoms with E-state index in [2.05, 4.69) is 21.2 Å². The van der Waals surface area contributed by atoms with E-state index in [-0.39, 0.29) is 16.8 Å². The normalized spacial score (nSPS) is 9.85. The van der Waals surface area contributed by atoms with E-state index in [1.807, 2.05) is 6.07 Å². The number of halogens is 2. The van der Waals surface area contributed by atoms with Crippen molar-refractivity contribution in [3.8, 4) is 6.07 Å². The van der Waals surface area contributed by atoms with Gasteiger partial charge in [-0.25, -0.2) is 4.39 Å². The van der Waals surface area contributed by atoms with E-state index >= 15 is 0 Å². The first-order valence-electron chi connectivity index (χ1n) is 5.57. The minimum Gasteiger partial charge on any atom is -0.399 e. The summed E-state index contributed by atoms with van der Waals surface area (Å²) in [7, 11) is 0. The van der Waals surface area contributed by atoms with Crippen molar-refractivity contribution in [2.24, 2.45) is 0 Å². The molecule has 100 valence electrons. The summed E-state index contributed by atoms with van der Waals surface area (Å²) in [6.07, 6.45) is 0. The lowest BCUT2D eigenvalue weighted by atomic mass is 10.1. The summed E-state index contributed by atoms with van der Waals surface area (Å²) in [4.78, 5) is 12.0.